The third kappa shape index (κ3) is 6.09. The summed E-state index contributed by atoms with van der Waals surface area (Å²) in [6.45, 7) is 10.1. The Hall–Kier alpha value is -1.66. The van der Waals surface area contributed by atoms with Gasteiger partial charge in [-0.3, -0.25) is 9.88 Å². The van der Waals surface area contributed by atoms with Crippen LogP contribution in [0.25, 0.3) is 0 Å². The highest BCUT2D eigenvalue weighted by molar-refractivity contribution is 5.73. The van der Waals surface area contributed by atoms with Gasteiger partial charge in [0.15, 0.2) is 0 Å². The molecule has 1 fully saturated rings. The fourth-order valence-corrected chi connectivity index (χ4v) is 3.05. The van der Waals surface area contributed by atoms with E-state index in [0.29, 0.717) is 25.0 Å². The second kappa shape index (κ2) is 9.59. The van der Waals surface area contributed by atoms with Gasteiger partial charge in [0.1, 0.15) is 0 Å². The van der Waals surface area contributed by atoms with Gasteiger partial charge in [-0.1, -0.05) is 19.9 Å². The number of nitrogens with one attached hydrogen (secondary N) is 2. The number of aromatic nitrogens is 1. The standard InChI is InChI=1S/C18H31N5O/c1-15(2)17(23-12-10-22(3)11-13-23)14-21-18(24)20-9-7-16-6-4-5-8-19-16/h4-6,8,15,17H,7,9-14H2,1-3H3,(H2,20,21,24). The summed E-state index contributed by atoms with van der Waals surface area (Å²) in [6, 6.07) is 6.13. The first-order valence-electron chi connectivity index (χ1n) is 8.90. The van der Waals surface area contributed by atoms with Crippen molar-refractivity contribution in [1.29, 1.82) is 0 Å². The van der Waals surface area contributed by atoms with Gasteiger partial charge in [0.2, 0.25) is 0 Å². The van der Waals surface area contributed by atoms with Gasteiger partial charge >= 0.3 is 6.03 Å². The van der Waals surface area contributed by atoms with Crippen LogP contribution in [0, 0.1) is 5.92 Å². The normalized spacial score (nSPS) is 17.7. The number of rotatable bonds is 7. The molecule has 0 bridgehead atoms. The van der Waals surface area contributed by atoms with Crippen LogP contribution in [0.15, 0.2) is 24.4 Å². The van der Waals surface area contributed by atoms with Crippen molar-refractivity contribution >= 4 is 6.03 Å². The molecule has 0 radical (unpaired) electrons. The van der Waals surface area contributed by atoms with Gasteiger partial charge in [0.05, 0.1) is 0 Å². The Morgan fingerprint density at radius 1 is 1.21 bits per heavy atom. The van der Waals surface area contributed by atoms with Crippen LogP contribution in [0.4, 0.5) is 4.79 Å². The van der Waals surface area contributed by atoms with E-state index in [1.807, 2.05) is 18.2 Å². The summed E-state index contributed by atoms with van der Waals surface area (Å²) in [5.41, 5.74) is 0.996. The van der Waals surface area contributed by atoms with E-state index in [9.17, 15) is 4.79 Å². The topological polar surface area (TPSA) is 60.5 Å². The van der Waals surface area contributed by atoms with Crippen molar-refractivity contribution in [2.24, 2.45) is 5.92 Å². The van der Waals surface area contributed by atoms with E-state index in [1.54, 1.807) is 6.20 Å². The van der Waals surface area contributed by atoms with Crippen molar-refractivity contribution in [1.82, 2.24) is 25.4 Å². The van der Waals surface area contributed by atoms with Crippen LogP contribution in [0.3, 0.4) is 0 Å². The number of carbonyl (C=O) groups excluding carboxylic acids is 1. The minimum atomic E-state index is -0.0919. The number of pyridine rings is 1. The van der Waals surface area contributed by atoms with E-state index in [-0.39, 0.29) is 6.03 Å². The minimum absolute atomic E-state index is 0.0919. The SMILES string of the molecule is CC(C)C(CNC(=O)NCCc1ccccn1)N1CCN(C)CC1. The van der Waals surface area contributed by atoms with Gasteiger partial charge < -0.3 is 15.5 Å². The Kier molecular flexibility index (Phi) is 7.46. The van der Waals surface area contributed by atoms with E-state index in [2.05, 4.69) is 46.3 Å². The maximum atomic E-state index is 12.0. The monoisotopic (exact) mass is 333 g/mol. The summed E-state index contributed by atoms with van der Waals surface area (Å²) in [5, 5.41) is 5.95. The summed E-state index contributed by atoms with van der Waals surface area (Å²) in [5.74, 6) is 0.516. The summed E-state index contributed by atoms with van der Waals surface area (Å²) >= 11 is 0. The Labute approximate surface area is 145 Å². The number of amides is 2. The van der Waals surface area contributed by atoms with E-state index in [1.165, 1.54) is 0 Å². The zero-order valence-corrected chi connectivity index (χ0v) is 15.2. The molecule has 0 aliphatic carbocycles. The van der Waals surface area contributed by atoms with Gasteiger partial charge in [-0.05, 0) is 25.1 Å². The molecule has 1 aromatic rings. The first-order valence-corrected chi connectivity index (χ1v) is 8.90. The Bertz CT molecular complexity index is 485. The molecule has 1 unspecified atom stereocenters. The third-order valence-corrected chi connectivity index (χ3v) is 4.64. The Morgan fingerprint density at radius 2 is 1.96 bits per heavy atom. The van der Waals surface area contributed by atoms with Gasteiger partial charge in [-0.15, -0.1) is 0 Å². The zero-order chi connectivity index (χ0) is 17.4. The van der Waals surface area contributed by atoms with Crippen LogP contribution >= 0.6 is 0 Å². The molecule has 24 heavy (non-hydrogen) atoms. The maximum absolute atomic E-state index is 12.0. The third-order valence-electron chi connectivity index (χ3n) is 4.64. The number of urea groups is 1. The number of hydrogen-bond donors (Lipinski definition) is 2. The summed E-state index contributed by atoms with van der Waals surface area (Å²) in [4.78, 5) is 21.1. The van der Waals surface area contributed by atoms with E-state index in [4.69, 9.17) is 0 Å². The molecule has 6 heteroatoms. The van der Waals surface area contributed by atoms with Crippen LogP contribution in [-0.2, 0) is 6.42 Å². The summed E-state index contributed by atoms with van der Waals surface area (Å²) < 4.78 is 0. The summed E-state index contributed by atoms with van der Waals surface area (Å²) in [7, 11) is 2.16. The van der Waals surface area contributed by atoms with Gasteiger partial charge in [-0.2, -0.15) is 0 Å². The molecule has 1 atom stereocenters. The molecule has 1 saturated heterocycles. The average Bonchev–Trinajstić information content (AvgIpc) is 2.57. The molecule has 0 aromatic carbocycles. The maximum Gasteiger partial charge on any atom is 0.314 e. The Balaban J connectivity index is 1.70. The van der Waals surface area contributed by atoms with Crippen LogP contribution in [0.2, 0.25) is 0 Å². The van der Waals surface area contributed by atoms with Gasteiger partial charge in [0.25, 0.3) is 0 Å². The molecule has 1 aliphatic rings. The van der Waals surface area contributed by atoms with E-state index < -0.39 is 0 Å². The largest absolute Gasteiger partial charge is 0.338 e. The van der Waals surface area contributed by atoms with Crippen LogP contribution in [0.1, 0.15) is 19.5 Å². The number of hydrogen-bond acceptors (Lipinski definition) is 4. The number of piperazine rings is 1. The lowest BCUT2D eigenvalue weighted by atomic mass is 10.0. The minimum Gasteiger partial charge on any atom is -0.338 e. The Morgan fingerprint density at radius 3 is 2.58 bits per heavy atom. The first kappa shape index (κ1) is 18.7. The quantitative estimate of drug-likeness (QED) is 0.787. The first-order chi connectivity index (χ1) is 11.6. The molecule has 0 spiro atoms. The second-order valence-corrected chi connectivity index (χ2v) is 6.86. The molecule has 1 aliphatic heterocycles. The van der Waals surface area contributed by atoms with Crippen molar-refractivity contribution in [2.45, 2.75) is 26.3 Å². The fraction of sp³-hybridized carbons (Fsp3) is 0.667. The molecule has 1 aromatic heterocycles. The molecule has 0 saturated carbocycles. The van der Waals surface area contributed by atoms with Crippen LogP contribution < -0.4 is 10.6 Å². The van der Waals surface area contributed by atoms with E-state index in [0.717, 1.165) is 38.3 Å². The predicted molar refractivity (Wildman–Crippen MR) is 97.0 cm³/mol. The molecule has 2 heterocycles. The zero-order valence-electron chi connectivity index (χ0n) is 15.2. The number of likely N-dealkylation sites (N-methyl/N-ethyl adjacent to an activating group) is 1. The van der Waals surface area contributed by atoms with Crippen molar-refractivity contribution in [2.75, 3.05) is 46.3 Å². The predicted octanol–water partition coefficient (Wildman–Crippen LogP) is 1.20. The van der Waals surface area contributed by atoms with Crippen molar-refractivity contribution in [3.63, 3.8) is 0 Å². The van der Waals surface area contributed by atoms with E-state index >= 15 is 0 Å². The molecule has 2 amide bonds. The van der Waals surface area contributed by atoms with Crippen molar-refractivity contribution in [3.8, 4) is 0 Å². The molecule has 2 rings (SSSR count). The fourth-order valence-electron chi connectivity index (χ4n) is 3.05. The smallest absolute Gasteiger partial charge is 0.314 e. The highest BCUT2D eigenvalue weighted by Gasteiger charge is 2.25. The lowest BCUT2D eigenvalue weighted by molar-refractivity contribution is 0.0887. The second-order valence-electron chi connectivity index (χ2n) is 6.86. The van der Waals surface area contributed by atoms with Crippen LogP contribution in [-0.4, -0.2) is 73.2 Å². The lowest BCUT2D eigenvalue weighted by Gasteiger charge is -2.39. The molecular formula is C18H31N5O. The molecular weight excluding hydrogens is 302 g/mol. The highest BCUT2D eigenvalue weighted by Crippen LogP contribution is 2.12. The highest BCUT2D eigenvalue weighted by atomic mass is 16.2. The van der Waals surface area contributed by atoms with Gasteiger partial charge in [0, 0.05) is 63.6 Å². The number of carbonyl (C=O) groups is 1. The number of nitrogens with zero attached hydrogens (tertiary/aromatic N) is 3. The van der Waals surface area contributed by atoms with Crippen LogP contribution in [0.5, 0.6) is 0 Å². The van der Waals surface area contributed by atoms with Gasteiger partial charge in [-0.25, -0.2) is 4.79 Å². The summed E-state index contributed by atoms with van der Waals surface area (Å²) in [6.07, 6.45) is 2.53. The lowest BCUT2D eigenvalue weighted by Crippen LogP contribution is -2.55. The molecule has 2 N–H and O–H groups in total. The molecule has 134 valence electrons. The van der Waals surface area contributed by atoms with Crippen molar-refractivity contribution < 1.29 is 4.79 Å². The molecule has 6 nitrogen and oxygen atoms in total. The average molecular weight is 333 g/mol. The van der Waals surface area contributed by atoms with Crippen molar-refractivity contribution in [3.05, 3.63) is 30.1 Å².